The maximum Gasteiger partial charge on any atom is 0.255 e. The molecule has 2 amide bonds. The number of anilines is 2. The van der Waals surface area contributed by atoms with Crippen molar-refractivity contribution >= 4 is 34.9 Å². The summed E-state index contributed by atoms with van der Waals surface area (Å²) in [5.74, 6) is 1.40. The second-order valence-electron chi connectivity index (χ2n) is 11.5. The highest BCUT2D eigenvalue weighted by Gasteiger charge is 2.13. The Morgan fingerprint density at radius 1 is 0.578 bits per heavy atom. The van der Waals surface area contributed by atoms with Crippen LogP contribution in [-0.2, 0) is 0 Å². The summed E-state index contributed by atoms with van der Waals surface area (Å²) in [4.78, 5) is 35.4. The van der Waals surface area contributed by atoms with Crippen molar-refractivity contribution in [2.24, 2.45) is 9.98 Å². The lowest BCUT2D eigenvalue weighted by Gasteiger charge is -2.12. The first kappa shape index (κ1) is 29.8. The summed E-state index contributed by atoms with van der Waals surface area (Å²) in [5, 5.41) is 12.8. The summed E-state index contributed by atoms with van der Waals surface area (Å²) in [6, 6.07) is 28.7. The summed E-state index contributed by atoms with van der Waals surface area (Å²) in [6.45, 7) is 5.44. The number of aliphatic imine (C=N–C) groups is 2. The fourth-order valence-electron chi connectivity index (χ4n) is 5.54. The Morgan fingerprint density at radius 2 is 1.11 bits per heavy atom. The van der Waals surface area contributed by atoms with E-state index in [1.165, 1.54) is 0 Å². The molecule has 228 valence electrons. The van der Waals surface area contributed by atoms with Gasteiger partial charge in [0.25, 0.3) is 11.8 Å². The Labute approximate surface area is 264 Å². The zero-order valence-corrected chi connectivity index (χ0v) is 25.5. The van der Waals surface area contributed by atoms with Crippen LogP contribution in [0.4, 0.5) is 11.4 Å². The van der Waals surface area contributed by atoms with Gasteiger partial charge in [0.1, 0.15) is 11.7 Å². The van der Waals surface area contributed by atoms with Crippen molar-refractivity contribution in [2.75, 3.05) is 36.8 Å². The van der Waals surface area contributed by atoms with Crippen LogP contribution >= 0.6 is 0 Å². The molecule has 2 aliphatic rings. The highest BCUT2D eigenvalue weighted by molar-refractivity contribution is 6.07. The zero-order chi connectivity index (χ0) is 31.0. The Kier molecular flexibility index (Phi) is 9.30. The molecule has 45 heavy (non-hydrogen) atoms. The number of rotatable bonds is 7. The van der Waals surface area contributed by atoms with Crippen molar-refractivity contribution in [3.8, 4) is 11.1 Å². The first-order valence-electron chi connectivity index (χ1n) is 15.6. The predicted octanol–water partition coefficient (Wildman–Crippen LogP) is 6.43. The normalized spacial score (nSPS) is 14.9. The van der Waals surface area contributed by atoms with Gasteiger partial charge < -0.3 is 21.3 Å². The van der Waals surface area contributed by atoms with Crippen LogP contribution in [0, 0.1) is 6.92 Å². The van der Waals surface area contributed by atoms with Gasteiger partial charge in [0.05, 0.1) is 0 Å². The SMILES string of the molecule is Cc1cc(NC(=O)c2ccc(-c3ccc(C(=O)Nc4cccc(C5=NCCCCN5)c4)cc3)cc2)cc(C2=NCCCCN2)c1. The molecule has 0 radical (unpaired) electrons. The van der Waals surface area contributed by atoms with Gasteiger partial charge in [-0.25, -0.2) is 0 Å². The number of carbonyl (C=O) groups excluding carboxylic acids is 2. The number of hydrogen-bond acceptors (Lipinski definition) is 6. The minimum atomic E-state index is -0.178. The Balaban J connectivity index is 1.09. The van der Waals surface area contributed by atoms with Crippen LogP contribution in [0.25, 0.3) is 11.1 Å². The average molecular weight is 599 g/mol. The van der Waals surface area contributed by atoms with Crippen molar-refractivity contribution in [3.63, 3.8) is 0 Å². The van der Waals surface area contributed by atoms with Crippen LogP contribution in [0.1, 0.15) is 63.1 Å². The molecule has 0 atom stereocenters. The van der Waals surface area contributed by atoms with Gasteiger partial charge in [-0.2, -0.15) is 0 Å². The number of nitrogens with zero attached hydrogens (tertiary/aromatic N) is 2. The maximum absolute atomic E-state index is 13.1. The Morgan fingerprint density at radius 3 is 1.71 bits per heavy atom. The molecular formula is C37H38N6O2. The molecule has 2 aliphatic heterocycles. The van der Waals surface area contributed by atoms with Crippen LogP contribution in [0.3, 0.4) is 0 Å². The molecule has 4 N–H and O–H groups in total. The highest BCUT2D eigenvalue weighted by Crippen LogP contribution is 2.23. The van der Waals surface area contributed by atoms with Gasteiger partial charge in [-0.3, -0.25) is 19.6 Å². The molecule has 8 nitrogen and oxygen atoms in total. The largest absolute Gasteiger partial charge is 0.370 e. The van der Waals surface area contributed by atoms with Crippen LogP contribution in [-0.4, -0.2) is 49.7 Å². The minimum absolute atomic E-state index is 0.174. The molecule has 0 spiro atoms. The van der Waals surface area contributed by atoms with Gasteiger partial charge in [-0.1, -0.05) is 36.4 Å². The lowest BCUT2D eigenvalue weighted by atomic mass is 10.0. The first-order chi connectivity index (χ1) is 22.0. The van der Waals surface area contributed by atoms with E-state index in [2.05, 4.69) is 37.3 Å². The molecule has 0 fully saturated rings. The molecule has 0 aliphatic carbocycles. The van der Waals surface area contributed by atoms with Crippen molar-refractivity contribution in [3.05, 3.63) is 119 Å². The lowest BCUT2D eigenvalue weighted by molar-refractivity contribution is 0.101. The summed E-state index contributed by atoms with van der Waals surface area (Å²) in [7, 11) is 0. The van der Waals surface area contributed by atoms with Crippen LogP contribution in [0.5, 0.6) is 0 Å². The van der Waals surface area contributed by atoms with Crippen molar-refractivity contribution in [2.45, 2.75) is 32.6 Å². The van der Waals surface area contributed by atoms with Gasteiger partial charge in [-0.15, -0.1) is 0 Å². The Hall–Kier alpha value is -5.24. The number of aryl methyl sites for hydroxylation is 1. The highest BCUT2D eigenvalue weighted by atomic mass is 16.2. The topological polar surface area (TPSA) is 107 Å². The predicted molar refractivity (Wildman–Crippen MR) is 183 cm³/mol. The summed E-state index contributed by atoms with van der Waals surface area (Å²) >= 11 is 0. The second kappa shape index (κ2) is 14.0. The van der Waals surface area contributed by atoms with Crippen LogP contribution < -0.4 is 21.3 Å². The summed E-state index contributed by atoms with van der Waals surface area (Å²) in [6.07, 6.45) is 4.35. The third-order valence-corrected chi connectivity index (χ3v) is 7.92. The molecule has 0 aromatic heterocycles. The van der Waals surface area contributed by atoms with Gasteiger partial charge >= 0.3 is 0 Å². The number of hydrogen-bond donors (Lipinski definition) is 4. The van der Waals surface area contributed by atoms with E-state index in [4.69, 9.17) is 0 Å². The Bertz CT molecular complexity index is 1740. The fourth-order valence-corrected chi connectivity index (χ4v) is 5.54. The van der Waals surface area contributed by atoms with Gasteiger partial charge in [-0.05, 0) is 104 Å². The second-order valence-corrected chi connectivity index (χ2v) is 11.5. The van der Waals surface area contributed by atoms with E-state index in [9.17, 15) is 9.59 Å². The number of amides is 2. The van der Waals surface area contributed by atoms with Crippen molar-refractivity contribution in [1.29, 1.82) is 0 Å². The minimum Gasteiger partial charge on any atom is -0.370 e. The van der Waals surface area contributed by atoms with E-state index < -0.39 is 0 Å². The van der Waals surface area contributed by atoms with E-state index in [0.717, 1.165) is 103 Å². The van der Waals surface area contributed by atoms with Crippen LogP contribution in [0.2, 0.25) is 0 Å². The maximum atomic E-state index is 13.1. The smallest absolute Gasteiger partial charge is 0.255 e. The zero-order valence-electron chi connectivity index (χ0n) is 25.5. The molecule has 4 aromatic rings. The standard InChI is InChI=1S/C37H38N6O2/c1-25-21-31(35-40-19-4-5-20-41-35)24-33(22-25)43-37(45)29-15-11-27(12-16-29)26-9-13-28(14-10-26)36(44)42-32-8-6-7-30(23-32)34-38-17-2-3-18-39-34/h6-16,21-24H,2-5,17-20H2,1H3,(H,38,39)(H,40,41)(H,42,44)(H,43,45). The van der Waals surface area contributed by atoms with E-state index in [1.807, 2.05) is 91.9 Å². The third kappa shape index (κ3) is 7.65. The molecule has 8 heteroatoms. The van der Waals surface area contributed by atoms with E-state index in [0.29, 0.717) is 11.1 Å². The molecule has 2 heterocycles. The molecule has 4 aromatic carbocycles. The number of nitrogens with one attached hydrogen (secondary N) is 4. The number of amidine groups is 2. The van der Waals surface area contributed by atoms with Crippen molar-refractivity contribution in [1.82, 2.24) is 10.6 Å². The molecule has 0 bridgehead atoms. The lowest BCUT2D eigenvalue weighted by Crippen LogP contribution is -2.24. The molecule has 0 saturated carbocycles. The average Bonchev–Trinajstić information content (AvgIpc) is 3.51. The monoisotopic (exact) mass is 598 g/mol. The van der Waals surface area contributed by atoms with Crippen LogP contribution in [0.15, 0.2) is 101 Å². The number of carbonyl (C=O) groups is 2. The number of benzene rings is 4. The van der Waals surface area contributed by atoms with Gasteiger partial charge in [0, 0.05) is 59.8 Å². The summed E-state index contributed by atoms with van der Waals surface area (Å²) in [5.41, 5.74) is 7.51. The van der Waals surface area contributed by atoms with Gasteiger partial charge in [0.15, 0.2) is 0 Å². The van der Waals surface area contributed by atoms with Gasteiger partial charge in [0.2, 0.25) is 0 Å². The van der Waals surface area contributed by atoms with E-state index >= 15 is 0 Å². The quantitative estimate of drug-likeness (QED) is 0.197. The molecule has 6 rings (SSSR count). The molecule has 0 unspecified atom stereocenters. The molecule has 0 saturated heterocycles. The van der Waals surface area contributed by atoms with E-state index in [-0.39, 0.29) is 11.8 Å². The first-order valence-corrected chi connectivity index (χ1v) is 15.6. The summed E-state index contributed by atoms with van der Waals surface area (Å²) < 4.78 is 0. The fraction of sp³-hybridized carbons (Fsp3) is 0.243. The van der Waals surface area contributed by atoms with Crippen molar-refractivity contribution < 1.29 is 9.59 Å². The third-order valence-electron chi connectivity index (χ3n) is 7.92. The molecular weight excluding hydrogens is 560 g/mol. The van der Waals surface area contributed by atoms with E-state index in [1.54, 1.807) is 0 Å².